The molecule has 265 valence electrons. The number of nitrogens with zero attached hydrogens (tertiary/aromatic N) is 2. The minimum Gasteiger partial charge on any atom is -0.664 e. The molecule has 3 aliphatic rings. The molecule has 0 saturated heterocycles. The molecule has 2 aromatic heterocycles. The predicted octanol–water partition coefficient (Wildman–Crippen LogP) is 7.72. The van der Waals surface area contributed by atoms with Crippen molar-refractivity contribution < 1.29 is 27.0 Å². The quantitative estimate of drug-likeness (QED) is 0.127. The number of carboxylic acid groups (broad SMARTS) is 1. The van der Waals surface area contributed by atoms with Crippen molar-refractivity contribution in [1.82, 2.24) is 20.6 Å². The molecular formula is C46H42MnN4O2. The van der Waals surface area contributed by atoms with Gasteiger partial charge >= 0.3 is 17.1 Å². The van der Waals surface area contributed by atoms with Gasteiger partial charge in [-0.05, 0) is 22.3 Å². The molecule has 8 atom stereocenters. The van der Waals surface area contributed by atoms with Crippen molar-refractivity contribution in [3.05, 3.63) is 215 Å². The van der Waals surface area contributed by atoms with Crippen LogP contribution >= 0.6 is 0 Å². The van der Waals surface area contributed by atoms with E-state index in [1.807, 2.05) is 0 Å². The minimum atomic E-state index is -0.833. The molecule has 0 saturated carbocycles. The van der Waals surface area contributed by atoms with E-state index in [4.69, 9.17) is 19.9 Å². The third kappa shape index (κ3) is 7.66. The van der Waals surface area contributed by atoms with Gasteiger partial charge in [0.2, 0.25) is 0 Å². The van der Waals surface area contributed by atoms with Crippen LogP contribution in [-0.2, 0) is 21.9 Å². The zero-order valence-electron chi connectivity index (χ0n) is 29.4. The first-order chi connectivity index (χ1) is 25.5. The topological polar surface area (TPSA) is 89.6 Å². The largest absolute Gasteiger partial charge is 2.00 e. The van der Waals surface area contributed by atoms with E-state index < -0.39 is 5.97 Å². The van der Waals surface area contributed by atoms with Crippen LogP contribution in [0, 0.1) is 0 Å². The summed E-state index contributed by atoms with van der Waals surface area (Å²) >= 11 is 0. The number of aliphatic carboxylic acids is 1. The SMILES string of the molecule is C1=CC2NC1C(c1ccccc1)c1ccc([n-]1)C(c1ccccc1)C1C=CC(N1)C(c1ccccc1)c1ccc([n-]1)C2c1ccccc1.CC(=O)O.[Mn+2]. The second-order valence-electron chi connectivity index (χ2n) is 13.9. The summed E-state index contributed by atoms with van der Waals surface area (Å²) in [5.41, 5.74) is 9.42. The molecule has 5 heterocycles. The predicted molar refractivity (Wildman–Crippen MR) is 206 cm³/mol. The van der Waals surface area contributed by atoms with Gasteiger partial charge in [0.15, 0.2) is 0 Å². The molecule has 53 heavy (non-hydrogen) atoms. The first kappa shape index (κ1) is 36.2. The van der Waals surface area contributed by atoms with Crippen molar-refractivity contribution >= 4 is 5.97 Å². The summed E-state index contributed by atoms with van der Waals surface area (Å²) in [6.07, 6.45) is 9.45. The zero-order chi connectivity index (χ0) is 35.4. The number of hydrogen-bond acceptors (Lipinski definition) is 3. The summed E-state index contributed by atoms with van der Waals surface area (Å²) in [4.78, 5) is 20.0. The van der Waals surface area contributed by atoms with Gasteiger partial charge in [0, 0.05) is 54.8 Å². The number of aromatic nitrogens is 2. The summed E-state index contributed by atoms with van der Waals surface area (Å²) in [5, 5.41) is 15.6. The van der Waals surface area contributed by atoms with Gasteiger partial charge in [-0.25, -0.2) is 0 Å². The normalized spacial score (nSPS) is 25.5. The Morgan fingerprint density at radius 2 is 0.642 bits per heavy atom. The fraction of sp³-hybridized carbons (Fsp3) is 0.196. The van der Waals surface area contributed by atoms with Crippen LogP contribution in [0.2, 0.25) is 0 Å². The van der Waals surface area contributed by atoms with Gasteiger partial charge in [-0.15, -0.1) is 0 Å². The third-order valence-electron chi connectivity index (χ3n) is 10.5. The molecule has 0 aliphatic carbocycles. The molecule has 3 aliphatic heterocycles. The maximum Gasteiger partial charge on any atom is 2.00 e. The number of rotatable bonds is 4. The van der Waals surface area contributed by atoms with Gasteiger partial charge in [0.1, 0.15) is 0 Å². The number of fused-ring (bicyclic) bond motifs is 8. The van der Waals surface area contributed by atoms with Crippen molar-refractivity contribution in [1.29, 1.82) is 0 Å². The zero-order valence-corrected chi connectivity index (χ0v) is 30.6. The van der Waals surface area contributed by atoms with Crippen molar-refractivity contribution in [3.63, 3.8) is 0 Å². The first-order valence-corrected chi connectivity index (χ1v) is 18.1. The molecule has 0 spiro atoms. The molecule has 4 aromatic carbocycles. The van der Waals surface area contributed by atoms with Crippen LogP contribution in [0.3, 0.4) is 0 Å². The van der Waals surface area contributed by atoms with Crippen LogP contribution in [-0.4, -0.2) is 35.2 Å². The van der Waals surface area contributed by atoms with Crippen molar-refractivity contribution in [2.45, 2.75) is 54.8 Å². The molecule has 8 bridgehead atoms. The first-order valence-electron chi connectivity index (χ1n) is 18.1. The van der Waals surface area contributed by atoms with Gasteiger partial charge in [-0.3, -0.25) is 4.79 Å². The van der Waals surface area contributed by atoms with Gasteiger partial charge in [-0.1, -0.05) is 170 Å². The van der Waals surface area contributed by atoms with E-state index in [9.17, 15) is 0 Å². The Morgan fingerprint density at radius 3 is 0.849 bits per heavy atom. The molecule has 9 rings (SSSR count). The van der Waals surface area contributed by atoms with E-state index in [2.05, 4.69) is 181 Å². The Kier molecular flexibility index (Phi) is 11.1. The average Bonchev–Trinajstić information content (AvgIpc) is 4.01. The van der Waals surface area contributed by atoms with Crippen LogP contribution in [0.15, 0.2) is 170 Å². The Labute approximate surface area is 322 Å². The summed E-state index contributed by atoms with van der Waals surface area (Å²) in [7, 11) is 0. The Balaban J connectivity index is 0.000000831. The summed E-state index contributed by atoms with van der Waals surface area (Å²) in [6, 6.07) is 52.7. The molecule has 0 amide bonds. The van der Waals surface area contributed by atoms with Crippen LogP contribution < -0.4 is 20.6 Å². The standard InChI is InChI=1S/C44H38N4.C2H4O2.Mn/c1-5-13-29(14-6-1)41-33-21-23-35(45-33)42(30-15-7-2-8-16-30)37-25-27-39(47-37)44(32-19-11-4-12-20-32)40-28-26-38(48-40)43(31-17-9-3-10-18-31)36-24-22-34(41)46-36;1-2(3)4;/h1-28,33,35,38,40-45,48H;1H3,(H,3,4);/q-2;;+2. The van der Waals surface area contributed by atoms with Gasteiger partial charge in [0.05, 0.1) is 0 Å². The molecule has 3 N–H and O–H groups in total. The smallest absolute Gasteiger partial charge is 0.664 e. The number of benzene rings is 4. The number of carbonyl (C=O) groups is 1. The van der Waals surface area contributed by atoms with E-state index >= 15 is 0 Å². The Hall–Kier alpha value is -5.17. The molecular weight excluding hydrogens is 695 g/mol. The van der Waals surface area contributed by atoms with Gasteiger partial charge in [-0.2, -0.15) is 22.8 Å². The minimum absolute atomic E-state index is 0. The van der Waals surface area contributed by atoms with Gasteiger partial charge in [0.25, 0.3) is 5.97 Å². The van der Waals surface area contributed by atoms with E-state index in [0.29, 0.717) is 0 Å². The average molecular weight is 738 g/mol. The van der Waals surface area contributed by atoms with Crippen LogP contribution in [0.25, 0.3) is 0 Å². The molecule has 7 heteroatoms. The molecule has 0 fully saturated rings. The van der Waals surface area contributed by atoms with Gasteiger partial charge < -0.3 is 25.7 Å². The fourth-order valence-electron chi connectivity index (χ4n) is 8.35. The molecule has 1 radical (unpaired) electrons. The van der Waals surface area contributed by atoms with Crippen LogP contribution in [0.1, 0.15) is 75.6 Å². The fourth-order valence-corrected chi connectivity index (χ4v) is 8.35. The Morgan fingerprint density at radius 1 is 0.434 bits per heavy atom. The number of carboxylic acids is 1. The number of hydrogen-bond donors (Lipinski definition) is 3. The summed E-state index contributed by atoms with van der Waals surface area (Å²) < 4.78 is 0. The Bertz CT molecular complexity index is 1850. The van der Waals surface area contributed by atoms with E-state index in [0.717, 1.165) is 29.7 Å². The van der Waals surface area contributed by atoms with Crippen molar-refractivity contribution in [2.24, 2.45) is 0 Å². The van der Waals surface area contributed by atoms with Crippen LogP contribution in [0.4, 0.5) is 0 Å². The van der Waals surface area contributed by atoms with Crippen LogP contribution in [0.5, 0.6) is 0 Å². The summed E-state index contributed by atoms with van der Waals surface area (Å²) in [5.74, 6) is -0.584. The molecule has 8 unspecified atom stereocenters. The van der Waals surface area contributed by atoms with E-state index in [1.54, 1.807) is 0 Å². The monoisotopic (exact) mass is 737 g/mol. The molecule has 6 nitrogen and oxygen atoms in total. The second kappa shape index (κ2) is 16.2. The third-order valence-corrected chi connectivity index (χ3v) is 10.5. The summed E-state index contributed by atoms with van der Waals surface area (Å²) in [6.45, 7) is 1.08. The second-order valence-corrected chi connectivity index (χ2v) is 13.9. The number of nitrogens with one attached hydrogen (secondary N) is 2. The maximum absolute atomic E-state index is 9.00. The van der Waals surface area contributed by atoms with E-state index in [1.165, 1.54) is 22.3 Å². The molecule has 6 aromatic rings. The van der Waals surface area contributed by atoms with Crippen molar-refractivity contribution in [2.75, 3.05) is 0 Å². The van der Waals surface area contributed by atoms with Crippen molar-refractivity contribution in [3.8, 4) is 0 Å². The maximum atomic E-state index is 9.00. The van der Waals surface area contributed by atoms with E-state index in [-0.39, 0.29) is 64.9 Å².